The standard InChI is InChI=1S/C18H31N3/c1-14-8-9-15(12-14)18(19-2)13-16-10-11-21(20-16)17-6-4-3-5-7-17/h10-11,14-15,17-19H,3-9,12-13H2,1-2H3. The van der Waals surface area contributed by atoms with Crippen molar-refractivity contribution >= 4 is 0 Å². The largest absolute Gasteiger partial charge is 0.316 e. The zero-order valence-corrected chi connectivity index (χ0v) is 13.7. The molecule has 1 aromatic rings. The second kappa shape index (κ2) is 6.95. The molecule has 1 heterocycles. The molecule has 2 fully saturated rings. The van der Waals surface area contributed by atoms with Gasteiger partial charge in [-0.3, -0.25) is 4.68 Å². The van der Waals surface area contributed by atoms with E-state index in [0.717, 1.165) is 18.3 Å². The lowest BCUT2D eigenvalue weighted by molar-refractivity contribution is 0.324. The predicted octanol–water partition coefficient (Wildman–Crippen LogP) is 3.96. The molecule has 3 heteroatoms. The summed E-state index contributed by atoms with van der Waals surface area (Å²) in [5.41, 5.74) is 1.28. The number of likely N-dealkylation sites (N-methyl/N-ethyl adjacent to an activating group) is 1. The Morgan fingerprint density at radius 1 is 1.24 bits per heavy atom. The van der Waals surface area contributed by atoms with Gasteiger partial charge in [0.1, 0.15) is 0 Å². The molecule has 2 aliphatic carbocycles. The molecule has 1 aromatic heterocycles. The maximum Gasteiger partial charge on any atom is 0.0640 e. The zero-order chi connectivity index (χ0) is 14.7. The van der Waals surface area contributed by atoms with Crippen molar-refractivity contribution in [3.8, 4) is 0 Å². The van der Waals surface area contributed by atoms with E-state index in [4.69, 9.17) is 5.10 Å². The Balaban J connectivity index is 1.60. The topological polar surface area (TPSA) is 29.9 Å². The van der Waals surface area contributed by atoms with Gasteiger partial charge in [-0.15, -0.1) is 0 Å². The molecule has 2 aliphatic rings. The molecule has 118 valence electrons. The summed E-state index contributed by atoms with van der Waals surface area (Å²) in [5, 5.41) is 8.44. The molecule has 2 saturated carbocycles. The lowest BCUT2D eigenvalue weighted by atomic mass is 9.93. The molecular weight excluding hydrogens is 258 g/mol. The van der Waals surface area contributed by atoms with Crippen LogP contribution in [0.15, 0.2) is 12.3 Å². The summed E-state index contributed by atoms with van der Waals surface area (Å²) >= 11 is 0. The molecule has 21 heavy (non-hydrogen) atoms. The molecule has 0 aromatic carbocycles. The fourth-order valence-corrected chi connectivity index (χ4v) is 4.38. The van der Waals surface area contributed by atoms with Crippen LogP contribution in [-0.2, 0) is 6.42 Å². The Labute approximate surface area is 129 Å². The number of rotatable bonds is 5. The maximum atomic E-state index is 4.89. The van der Waals surface area contributed by atoms with Crippen molar-refractivity contribution in [3.63, 3.8) is 0 Å². The highest BCUT2D eigenvalue weighted by Crippen LogP contribution is 2.33. The molecular formula is C18H31N3. The summed E-state index contributed by atoms with van der Waals surface area (Å²) in [5.74, 6) is 1.75. The van der Waals surface area contributed by atoms with Gasteiger partial charge >= 0.3 is 0 Å². The Morgan fingerprint density at radius 3 is 2.71 bits per heavy atom. The van der Waals surface area contributed by atoms with Crippen molar-refractivity contribution < 1.29 is 0 Å². The van der Waals surface area contributed by atoms with E-state index in [9.17, 15) is 0 Å². The van der Waals surface area contributed by atoms with Crippen LogP contribution >= 0.6 is 0 Å². The second-order valence-corrected chi connectivity index (χ2v) is 7.36. The van der Waals surface area contributed by atoms with Gasteiger partial charge in [0.15, 0.2) is 0 Å². The summed E-state index contributed by atoms with van der Waals surface area (Å²) in [7, 11) is 2.12. The first-order chi connectivity index (χ1) is 10.3. The second-order valence-electron chi connectivity index (χ2n) is 7.36. The molecule has 3 nitrogen and oxygen atoms in total. The van der Waals surface area contributed by atoms with Gasteiger partial charge in [0.2, 0.25) is 0 Å². The fraction of sp³-hybridized carbons (Fsp3) is 0.833. The van der Waals surface area contributed by atoms with Gasteiger partial charge in [-0.25, -0.2) is 0 Å². The lowest BCUT2D eigenvalue weighted by Crippen LogP contribution is -2.34. The first kappa shape index (κ1) is 15.1. The van der Waals surface area contributed by atoms with Crippen molar-refractivity contribution in [3.05, 3.63) is 18.0 Å². The summed E-state index contributed by atoms with van der Waals surface area (Å²) < 4.78 is 2.25. The monoisotopic (exact) mass is 289 g/mol. The molecule has 3 rings (SSSR count). The van der Waals surface area contributed by atoms with Crippen molar-refractivity contribution in [2.75, 3.05) is 7.05 Å². The number of nitrogens with zero attached hydrogens (tertiary/aromatic N) is 2. The molecule has 3 atom stereocenters. The van der Waals surface area contributed by atoms with E-state index in [1.54, 1.807) is 0 Å². The molecule has 0 amide bonds. The zero-order valence-electron chi connectivity index (χ0n) is 13.7. The van der Waals surface area contributed by atoms with Crippen LogP contribution in [0.3, 0.4) is 0 Å². The van der Waals surface area contributed by atoms with Gasteiger partial charge in [-0.05, 0) is 50.6 Å². The van der Waals surface area contributed by atoms with Crippen LogP contribution in [0.1, 0.15) is 70.0 Å². The molecule has 3 unspecified atom stereocenters. The fourth-order valence-electron chi connectivity index (χ4n) is 4.38. The minimum atomic E-state index is 0.602. The minimum Gasteiger partial charge on any atom is -0.316 e. The van der Waals surface area contributed by atoms with Crippen molar-refractivity contribution in [2.24, 2.45) is 11.8 Å². The van der Waals surface area contributed by atoms with Gasteiger partial charge in [0, 0.05) is 18.7 Å². The van der Waals surface area contributed by atoms with Crippen LogP contribution in [0.4, 0.5) is 0 Å². The van der Waals surface area contributed by atoms with Crippen LogP contribution in [-0.4, -0.2) is 22.9 Å². The van der Waals surface area contributed by atoms with Crippen molar-refractivity contribution in [1.82, 2.24) is 15.1 Å². The number of hydrogen-bond donors (Lipinski definition) is 1. The summed E-state index contributed by atoms with van der Waals surface area (Å²) in [6.07, 6.45) is 14.3. The van der Waals surface area contributed by atoms with Crippen LogP contribution in [0.2, 0.25) is 0 Å². The van der Waals surface area contributed by atoms with Gasteiger partial charge < -0.3 is 5.32 Å². The lowest BCUT2D eigenvalue weighted by Gasteiger charge is -2.23. The number of nitrogens with one attached hydrogen (secondary N) is 1. The van der Waals surface area contributed by atoms with E-state index in [2.05, 4.69) is 36.2 Å². The number of hydrogen-bond acceptors (Lipinski definition) is 2. The first-order valence-electron chi connectivity index (χ1n) is 8.97. The Kier molecular flexibility index (Phi) is 4.99. The average Bonchev–Trinajstić information content (AvgIpc) is 3.15. The minimum absolute atomic E-state index is 0.602. The van der Waals surface area contributed by atoms with Crippen LogP contribution in [0, 0.1) is 11.8 Å². The third-order valence-electron chi connectivity index (χ3n) is 5.72. The van der Waals surface area contributed by atoms with Crippen LogP contribution in [0.25, 0.3) is 0 Å². The third kappa shape index (κ3) is 3.68. The van der Waals surface area contributed by atoms with Gasteiger partial charge in [-0.1, -0.05) is 32.6 Å². The van der Waals surface area contributed by atoms with Gasteiger partial charge in [0.05, 0.1) is 11.7 Å². The van der Waals surface area contributed by atoms with Gasteiger partial charge in [0.25, 0.3) is 0 Å². The highest BCUT2D eigenvalue weighted by atomic mass is 15.3. The van der Waals surface area contributed by atoms with E-state index in [0.29, 0.717) is 12.1 Å². The molecule has 1 N–H and O–H groups in total. The summed E-state index contributed by atoms with van der Waals surface area (Å²) in [6, 6.07) is 3.51. The van der Waals surface area contributed by atoms with Gasteiger partial charge in [-0.2, -0.15) is 5.10 Å². The SMILES string of the molecule is CNC(Cc1ccn(C2CCCCC2)n1)C1CCC(C)C1. The Morgan fingerprint density at radius 2 is 2.05 bits per heavy atom. The van der Waals surface area contributed by atoms with Crippen molar-refractivity contribution in [2.45, 2.75) is 76.8 Å². The molecule has 0 spiro atoms. The first-order valence-corrected chi connectivity index (χ1v) is 8.97. The van der Waals surface area contributed by atoms with E-state index >= 15 is 0 Å². The third-order valence-corrected chi connectivity index (χ3v) is 5.72. The van der Waals surface area contributed by atoms with Crippen LogP contribution in [0.5, 0.6) is 0 Å². The normalized spacial score (nSPS) is 28.9. The van der Waals surface area contributed by atoms with E-state index in [1.807, 2.05) is 0 Å². The molecule has 0 saturated heterocycles. The molecule has 0 bridgehead atoms. The van der Waals surface area contributed by atoms with Crippen LogP contribution < -0.4 is 5.32 Å². The average molecular weight is 289 g/mol. The van der Waals surface area contributed by atoms with E-state index in [1.165, 1.54) is 57.1 Å². The Bertz CT molecular complexity index is 433. The molecule has 0 aliphatic heterocycles. The predicted molar refractivity (Wildman–Crippen MR) is 87.4 cm³/mol. The summed E-state index contributed by atoms with van der Waals surface area (Å²) in [4.78, 5) is 0. The van der Waals surface area contributed by atoms with E-state index in [-0.39, 0.29) is 0 Å². The Hall–Kier alpha value is -0.830. The highest BCUT2D eigenvalue weighted by Gasteiger charge is 2.28. The maximum absolute atomic E-state index is 4.89. The number of aromatic nitrogens is 2. The van der Waals surface area contributed by atoms with Crippen molar-refractivity contribution in [1.29, 1.82) is 0 Å². The summed E-state index contributed by atoms with van der Waals surface area (Å²) in [6.45, 7) is 2.39. The quantitative estimate of drug-likeness (QED) is 0.889. The highest BCUT2D eigenvalue weighted by molar-refractivity contribution is 5.04. The van der Waals surface area contributed by atoms with E-state index < -0.39 is 0 Å². The smallest absolute Gasteiger partial charge is 0.0640 e. The molecule has 0 radical (unpaired) electrons.